The number of hydrogen-bond donors (Lipinski definition) is 0. The minimum absolute atomic E-state index is 0.112. The molecule has 0 N–H and O–H groups in total. The fourth-order valence-corrected chi connectivity index (χ4v) is 4.05. The Morgan fingerprint density at radius 3 is 2.44 bits per heavy atom. The molecule has 0 saturated carbocycles. The van der Waals surface area contributed by atoms with E-state index in [9.17, 15) is 9.59 Å². The van der Waals surface area contributed by atoms with E-state index < -0.39 is 0 Å². The van der Waals surface area contributed by atoms with Crippen LogP contribution < -0.4 is 10.5 Å². The number of nitrogens with zero attached hydrogens (tertiary/aromatic N) is 6. The second-order valence-corrected chi connectivity index (χ2v) is 8.55. The summed E-state index contributed by atoms with van der Waals surface area (Å²) in [6.07, 6.45) is 3.67. The van der Waals surface area contributed by atoms with Gasteiger partial charge in [0.25, 0.3) is 5.56 Å². The van der Waals surface area contributed by atoms with Crippen molar-refractivity contribution >= 4 is 11.7 Å². The van der Waals surface area contributed by atoms with Gasteiger partial charge in [0, 0.05) is 51.2 Å². The third-order valence-corrected chi connectivity index (χ3v) is 6.25. The van der Waals surface area contributed by atoms with E-state index in [0.29, 0.717) is 32.7 Å². The highest BCUT2D eigenvalue weighted by molar-refractivity contribution is 5.78. The summed E-state index contributed by atoms with van der Waals surface area (Å²) in [5.41, 5.74) is 2.90. The van der Waals surface area contributed by atoms with Crippen LogP contribution in [-0.2, 0) is 11.3 Å². The van der Waals surface area contributed by atoms with Crippen molar-refractivity contribution in [2.24, 2.45) is 5.92 Å². The fourth-order valence-electron chi connectivity index (χ4n) is 4.05. The second-order valence-electron chi connectivity index (χ2n) is 8.55. The summed E-state index contributed by atoms with van der Waals surface area (Å²) in [7, 11) is 0. The number of anilines is 1. The third-order valence-electron chi connectivity index (χ3n) is 6.25. The molecule has 0 bridgehead atoms. The molecule has 1 amide bonds. The van der Waals surface area contributed by atoms with E-state index in [1.54, 1.807) is 18.3 Å². The minimum Gasteiger partial charge on any atom is -0.352 e. The van der Waals surface area contributed by atoms with Crippen LogP contribution in [0.2, 0.25) is 0 Å². The van der Waals surface area contributed by atoms with Gasteiger partial charge in [0.1, 0.15) is 11.6 Å². The molecule has 1 fully saturated rings. The molecule has 1 saturated heterocycles. The number of piperazine rings is 1. The van der Waals surface area contributed by atoms with Gasteiger partial charge in [0.15, 0.2) is 0 Å². The lowest BCUT2D eigenvalue weighted by Gasteiger charge is -2.36. The maximum absolute atomic E-state index is 12.9. The summed E-state index contributed by atoms with van der Waals surface area (Å²) in [5.74, 6) is 1.71. The number of carbonyl (C=O) groups is 1. The Bertz CT molecular complexity index is 1170. The molecule has 1 atom stereocenters. The normalized spacial score (nSPS) is 15.1. The van der Waals surface area contributed by atoms with E-state index in [1.165, 1.54) is 10.2 Å². The largest absolute Gasteiger partial charge is 0.352 e. The zero-order valence-corrected chi connectivity index (χ0v) is 19.2. The van der Waals surface area contributed by atoms with Crippen molar-refractivity contribution in [1.82, 2.24) is 24.2 Å². The Hall–Kier alpha value is -3.42. The van der Waals surface area contributed by atoms with E-state index in [4.69, 9.17) is 0 Å². The van der Waals surface area contributed by atoms with E-state index in [-0.39, 0.29) is 17.4 Å². The van der Waals surface area contributed by atoms with Crippen molar-refractivity contribution < 1.29 is 4.79 Å². The quantitative estimate of drug-likeness (QED) is 0.616. The predicted molar refractivity (Wildman–Crippen MR) is 124 cm³/mol. The van der Waals surface area contributed by atoms with E-state index >= 15 is 0 Å². The predicted octanol–water partition coefficient (Wildman–Crippen LogP) is 2.34. The monoisotopic (exact) mass is 434 g/mol. The standard InChI is InChI=1S/C24H30N6O2/c1-17-5-6-21(15-18(17)2)30-23(31)8-7-22(26-30)27-11-13-28(14-12-27)24(32)19(3)16-29-10-9-25-20(29)4/h5-10,15,19H,11-14,16H2,1-4H3/t19-/m0/s1. The summed E-state index contributed by atoms with van der Waals surface area (Å²) in [5, 5.41) is 4.62. The van der Waals surface area contributed by atoms with E-state index in [1.807, 2.05) is 61.6 Å². The first kappa shape index (κ1) is 21.8. The zero-order valence-electron chi connectivity index (χ0n) is 19.2. The highest BCUT2D eigenvalue weighted by atomic mass is 16.2. The Morgan fingerprint density at radius 2 is 1.78 bits per heavy atom. The number of benzene rings is 1. The number of aromatic nitrogens is 4. The molecule has 1 aliphatic heterocycles. The maximum Gasteiger partial charge on any atom is 0.271 e. The van der Waals surface area contributed by atoms with Crippen molar-refractivity contribution in [2.45, 2.75) is 34.2 Å². The summed E-state index contributed by atoms with van der Waals surface area (Å²) < 4.78 is 3.47. The molecule has 1 aliphatic rings. The van der Waals surface area contributed by atoms with Crippen LogP contribution in [0, 0.1) is 26.7 Å². The van der Waals surface area contributed by atoms with Crippen molar-refractivity contribution in [3.05, 3.63) is 70.0 Å². The van der Waals surface area contributed by atoms with Crippen molar-refractivity contribution in [2.75, 3.05) is 31.1 Å². The van der Waals surface area contributed by atoms with Crippen LogP contribution in [0.15, 0.2) is 47.5 Å². The summed E-state index contributed by atoms with van der Waals surface area (Å²) in [6.45, 7) is 11.3. The molecule has 168 valence electrons. The first-order chi connectivity index (χ1) is 15.3. The fraction of sp³-hybridized carbons (Fsp3) is 0.417. The Labute approximate surface area is 188 Å². The van der Waals surface area contributed by atoms with Gasteiger partial charge < -0.3 is 14.4 Å². The zero-order chi connectivity index (χ0) is 22.8. The number of hydrogen-bond acceptors (Lipinski definition) is 5. The van der Waals surface area contributed by atoms with Gasteiger partial charge in [-0.1, -0.05) is 13.0 Å². The molecule has 0 radical (unpaired) electrons. The van der Waals surface area contributed by atoms with Gasteiger partial charge >= 0.3 is 0 Å². The number of amides is 1. The smallest absolute Gasteiger partial charge is 0.271 e. The molecule has 3 heterocycles. The molecule has 4 rings (SSSR count). The van der Waals surface area contributed by atoms with Gasteiger partial charge in [-0.05, 0) is 50.1 Å². The van der Waals surface area contributed by atoms with Crippen LogP contribution in [0.3, 0.4) is 0 Å². The van der Waals surface area contributed by atoms with Gasteiger partial charge in [-0.2, -0.15) is 4.68 Å². The topological polar surface area (TPSA) is 76.3 Å². The highest BCUT2D eigenvalue weighted by Gasteiger charge is 2.26. The van der Waals surface area contributed by atoms with Crippen LogP contribution >= 0.6 is 0 Å². The lowest BCUT2D eigenvalue weighted by atomic mass is 10.1. The molecule has 32 heavy (non-hydrogen) atoms. The van der Waals surface area contributed by atoms with Crippen LogP contribution in [-0.4, -0.2) is 56.3 Å². The molecular formula is C24H30N6O2. The minimum atomic E-state index is -0.158. The van der Waals surface area contributed by atoms with Crippen molar-refractivity contribution in [1.29, 1.82) is 0 Å². The molecule has 8 nitrogen and oxygen atoms in total. The van der Waals surface area contributed by atoms with Crippen molar-refractivity contribution in [3.63, 3.8) is 0 Å². The average molecular weight is 435 g/mol. The van der Waals surface area contributed by atoms with E-state index in [0.717, 1.165) is 22.9 Å². The lowest BCUT2D eigenvalue weighted by Crippen LogP contribution is -2.51. The molecule has 3 aromatic rings. The van der Waals surface area contributed by atoms with E-state index in [2.05, 4.69) is 15.0 Å². The maximum atomic E-state index is 12.9. The van der Waals surface area contributed by atoms with Crippen LogP contribution in [0.5, 0.6) is 0 Å². The summed E-state index contributed by atoms with van der Waals surface area (Å²) in [4.78, 5) is 33.7. The first-order valence-electron chi connectivity index (χ1n) is 11.0. The second kappa shape index (κ2) is 8.98. The van der Waals surface area contributed by atoms with Crippen LogP contribution in [0.25, 0.3) is 5.69 Å². The number of aryl methyl sites for hydroxylation is 3. The molecule has 0 unspecified atom stereocenters. The number of imidazole rings is 1. The lowest BCUT2D eigenvalue weighted by molar-refractivity contribution is -0.135. The number of rotatable bonds is 5. The number of carbonyl (C=O) groups excluding carboxylic acids is 1. The molecular weight excluding hydrogens is 404 g/mol. The molecule has 8 heteroatoms. The Kier molecular flexibility index (Phi) is 6.12. The first-order valence-corrected chi connectivity index (χ1v) is 11.0. The SMILES string of the molecule is Cc1ccc(-n2nc(N3CCN(C(=O)[C@@H](C)Cn4ccnc4C)CC3)ccc2=O)cc1C. The average Bonchev–Trinajstić information content (AvgIpc) is 3.20. The summed E-state index contributed by atoms with van der Waals surface area (Å²) >= 11 is 0. The molecule has 2 aromatic heterocycles. The van der Waals surface area contributed by atoms with Gasteiger partial charge in [-0.15, -0.1) is 5.10 Å². The van der Waals surface area contributed by atoms with Crippen LogP contribution in [0.4, 0.5) is 5.82 Å². The summed E-state index contributed by atoms with van der Waals surface area (Å²) in [6, 6.07) is 9.22. The Balaban J connectivity index is 1.43. The third kappa shape index (κ3) is 4.44. The van der Waals surface area contributed by atoms with Gasteiger partial charge in [0.2, 0.25) is 5.91 Å². The molecule has 0 aliphatic carbocycles. The van der Waals surface area contributed by atoms with Gasteiger partial charge in [0.05, 0.1) is 11.6 Å². The molecule has 0 spiro atoms. The molecule has 1 aromatic carbocycles. The van der Waals surface area contributed by atoms with Crippen molar-refractivity contribution in [3.8, 4) is 5.69 Å². The van der Waals surface area contributed by atoms with Gasteiger partial charge in [-0.25, -0.2) is 4.98 Å². The van der Waals surface area contributed by atoms with Crippen LogP contribution in [0.1, 0.15) is 23.9 Å². The highest BCUT2D eigenvalue weighted by Crippen LogP contribution is 2.17. The van der Waals surface area contributed by atoms with Gasteiger partial charge in [-0.3, -0.25) is 9.59 Å². The Morgan fingerprint density at radius 1 is 1.03 bits per heavy atom.